The van der Waals surface area contributed by atoms with Gasteiger partial charge in [0.25, 0.3) is 0 Å². The lowest BCUT2D eigenvalue weighted by Crippen LogP contribution is -2.25. The predicted octanol–water partition coefficient (Wildman–Crippen LogP) is 1.47. The summed E-state index contributed by atoms with van der Waals surface area (Å²) in [7, 11) is -4.58. The summed E-state index contributed by atoms with van der Waals surface area (Å²) in [5.74, 6) is -1.26. The molecule has 21 heavy (non-hydrogen) atoms. The summed E-state index contributed by atoms with van der Waals surface area (Å²) in [4.78, 5) is 25.0. The molecule has 5 nitrogen and oxygen atoms in total. The highest BCUT2D eigenvalue weighted by molar-refractivity contribution is 7.86. The fourth-order valence-electron chi connectivity index (χ4n) is 3.03. The monoisotopic (exact) mass is 311 g/mol. The van der Waals surface area contributed by atoms with E-state index < -0.39 is 21.9 Å². The van der Waals surface area contributed by atoms with Gasteiger partial charge in [-0.15, -0.1) is 3.89 Å². The Labute approximate surface area is 122 Å². The maximum absolute atomic E-state index is 12.7. The molecule has 1 atom stereocenters. The van der Waals surface area contributed by atoms with Crippen LogP contribution in [0.2, 0.25) is 0 Å². The van der Waals surface area contributed by atoms with Crippen molar-refractivity contribution in [1.82, 2.24) is 0 Å². The highest BCUT2D eigenvalue weighted by atomic mass is 32.3. The van der Waals surface area contributed by atoms with Crippen LogP contribution in [-0.4, -0.2) is 32.4 Å². The van der Waals surface area contributed by atoms with Gasteiger partial charge in [0.05, 0.1) is 5.75 Å². The number of carbonyl (C=O) groups excluding carboxylic acids is 2. The third kappa shape index (κ3) is 2.83. The molecule has 0 bridgehead atoms. The molecule has 1 saturated heterocycles. The second-order valence-electron chi connectivity index (χ2n) is 5.54. The number of carbonyl (C=O) groups is 2. The number of hydrogen-bond acceptors (Lipinski definition) is 4. The van der Waals surface area contributed by atoms with E-state index in [9.17, 15) is 21.9 Å². The van der Waals surface area contributed by atoms with Gasteiger partial charge in [-0.3, -0.25) is 9.59 Å². The van der Waals surface area contributed by atoms with Gasteiger partial charge in [0.15, 0.2) is 5.78 Å². The van der Waals surface area contributed by atoms with Gasteiger partial charge in [-0.05, 0) is 30.2 Å². The Kier molecular flexibility index (Phi) is 3.32. The first-order valence-electron chi connectivity index (χ1n) is 6.72. The number of benzene rings is 1. The Bertz CT molecular complexity index is 728. The van der Waals surface area contributed by atoms with Crippen molar-refractivity contribution >= 4 is 27.6 Å². The smallest absolute Gasteiger partial charge is 0.302 e. The molecule has 1 unspecified atom stereocenters. The van der Waals surface area contributed by atoms with E-state index in [-0.39, 0.29) is 24.7 Å². The van der Waals surface area contributed by atoms with Crippen LogP contribution in [0.25, 0.3) is 0 Å². The Hall–Kier alpha value is -1.76. The number of Topliss-reactive ketones (excluding diaryl/α,β-unsaturated/α-hetero) is 1. The van der Waals surface area contributed by atoms with E-state index in [0.29, 0.717) is 24.1 Å². The topological polar surface area (TPSA) is 71.5 Å². The predicted molar refractivity (Wildman–Crippen MR) is 74.4 cm³/mol. The summed E-state index contributed by atoms with van der Waals surface area (Å²) in [6.07, 6.45) is 1.17. The van der Waals surface area contributed by atoms with Crippen molar-refractivity contribution in [3.63, 3.8) is 0 Å². The van der Waals surface area contributed by atoms with Crippen molar-refractivity contribution in [2.45, 2.75) is 19.3 Å². The van der Waals surface area contributed by atoms with Crippen LogP contribution in [0.4, 0.5) is 9.57 Å². The van der Waals surface area contributed by atoms with E-state index in [2.05, 4.69) is 0 Å². The number of amides is 1. The summed E-state index contributed by atoms with van der Waals surface area (Å²) >= 11 is 0. The van der Waals surface area contributed by atoms with Crippen molar-refractivity contribution in [2.24, 2.45) is 5.92 Å². The maximum atomic E-state index is 12.7. The average Bonchev–Trinajstić information content (AvgIpc) is 2.91. The average molecular weight is 311 g/mol. The number of ketones is 1. The van der Waals surface area contributed by atoms with Gasteiger partial charge in [-0.1, -0.05) is 0 Å². The summed E-state index contributed by atoms with van der Waals surface area (Å²) in [6, 6.07) is 5.18. The number of aryl methyl sites for hydroxylation is 1. The standard InChI is InChI=1S/C14H14FNO4S/c15-21(19,20)8-9-5-14(18)16(7-9)11-2-3-12-10(6-11)1-4-13(12)17/h2-3,6,9H,1,4-5,7-8H2. The normalized spacial score (nSPS) is 22.0. The fraction of sp³-hybridized carbons (Fsp3) is 0.429. The Morgan fingerprint density at radius 1 is 1.24 bits per heavy atom. The molecular weight excluding hydrogens is 297 g/mol. The van der Waals surface area contributed by atoms with E-state index in [1.807, 2.05) is 0 Å². The molecule has 0 radical (unpaired) electrons. The van der Waals surface area contributed by atoms with E-state index in [1.54, 1.807) is 18.2 Å². The first kappa shape index (κ1) is 14.2. The van der Waals surface area contributed by atoms with Gasteiger partial charge in [0, 0.05) is 36.6 Å². The van der Waals surface area contributed by atoms with Crippen molar-refractivity contribution in [3.05, 3.63) is 29.3 Å². The van der Waals surface area contributed by atoms with Gasteiger partial charge in [0.2, 0.25) is 5.91 Å². The molecule has 7 heteroatoms. The molecule has 0 aromatic heterocycles. The Balaban J connectivity index is 1.82. The van der Waals surface area contributed by atoms with E-state index in [1.165, 1.54) is 4.90 Å². The van der Waals surface area contributed by atoms with Gasteiger partial charge >= 0.3 is 10.2 Å². The Morgan fingerprint density at radius 2 is 2.00 bits per heavy atom. The van der Waals surface area contributed by atoms with Gasteiger partial charge < -0.3 is 4.90 Å². The van der Waals surface area contributed by atoms with Crippen LogP contribution in [0.15, 0.2) is 18.2 Å². The van der Waals surface area contributed by atoms with Gasteiger partial charge in [-0.25, -0.2) is 0 Å². The van der Waals surface area contributed by atoms with Crippen LogP contribution in [0.1, 0.15) is 28.8 Å². The lowest BCUT2D eigenvalue weighted by molar-refractivity contribution is -0.117. The second kappa shape index (κ2) is 4.91. The molecule has 1 heterocycles. The summed E-state index contributed by atoms with van der Waals surface area (Å²) in [5, 5.41) is 0. The third-order valence-electron chi connectivity index (χ3n) is 3.96. The van der Waals surface area contributed by atoms with Crippen LogP contribution < -0.4 is 4.90 Å². The van der Waals surface area contributed by atoms with Crippen LogP contribution in [0, 0.1) is 5.92 Å². The number of hydrogen-bond donors (Lipinski definition) is 0. The molecular formula is C14H14FNO4S. The quantitative estimate of drug-likeness (QED) is 0.793. The zero-order chi connectivity index (χ0) is 15.2. The first-order valence-corrected chi connectivity index (χ1v) is 8.27. The molecule has 0 spiro atoms. The zero-order valence-electron chi connectivity index (χ0n) is 11.2. The van der Waals surface area contributed by atoms with Crippen molar-refractivity contribution in [1.29, 1.82) is 0 Å². The minimum atomic E-state index is -4.58. The molecule has 1 aromatic carbocycles. The molecule has 2 aliphatic rings. The number of anilines is 1. The van der Waals surface area contributed by atoms with Crippen molar-refractivity contribution in [2.75, 3.05) is 17.2 Å². The van der Waals surface area contributed by atoms with E-state index in [0.717, 1.165) is 5.56 Å². The van der Waals surface area contributed by atoms with Crippen LogP contribution in [0.3, 0.4) is 0 Å². The Morgan fingerprint density at radius 3 is 2.71 bits per heavy atom. The molecule has 112 valence electrons. The summed E-state index contributed by atoms with van der Waals surface area (Å²) in [5.41, 5.74) is 2.24. The lowest BCUT2D eigenvalue weighted by Gasteiger charge is -2.17. The molecule has 1 fully saturated rings. The number of fused-ring (bicyclic) bond motifs is 1. The summed E-state index contributed by atoms with van der Waals surface area (Å²) < 4.78 is 34.1. The fourth-order valence-corrected chi connectivity index (χ4v) is 3.82. The third-order valence-corrected chi connectivity index (χ3v) is 4.83. The number of halogens is 1. The summed E-state index contributed by atoms with van der Waals surface area (Å²) in [6.45, 7) is 0.189. The van der Waals surface area contributed by atoms with Crippen LogP contribution in [0.5, 0.6) is 0 Å². The van der Waals surface area contributed by atoms with Crippen molar-refractivity contribution < 1.29 is 21.9 Å². The van der Waals surface area contributed by atoms with Gasteiger partial charge in [-0.2, -0.15) is 8.42 Å². The molecule has 1 aliphatic carbocycles. The maximum Gasteiger partial charge on any atom is 0.302 e. The SMILES string of the molecule is O=C1CCc2cc(N3CC(CS(=O)(=O)F)CC3=O)ccc21. The second-order valence-corrected chi connectivity index (χ2v) is 6.96. The minimum absolute atomic E-state index is 0.0269. The van der Waals surface area contributed by atoms with Crippen LogP contribution >= 0.6 is 0 Å². The van der Waals surface area contributed by atoms with Gasteiger partial charge in [0.1, 0.15) is 0 Å². The molecule has 1 aromatic rings. The van der Waals surface area contributed by atoms with E-state index >= 15 is 0 Å². The first-order chi connectivity index (χ1) is 9.83. The number of nitrogens with zero attached hydrogens (tertiary/aromatic N) is 1. The molecule has 0 saturated carbocycles. The molecule has 0 N–H and O–H groups in total. The lowest BCUT2D eigenvalue weighted by atomic mass is 10.1. The van der Waals surface area contributed by atoms with E-state index in [4.69, 9.17) is 0 Å². The van der Waals surface area contributed by atoms with Crippen LogP contribution in [-0.2, 0) is 21.4 Å². The molecule has 1 aliphatic heterocycles. The largest absolute Gasteiger partial charge is 0.312 e. The molecule has 1 amide bonds. The zero-order valence-corrected chi connectivity index (χ0v) is 12.0. The molecule has 3 rings (SSSR count). The number of rotatable bonds is 3. The minimum Gasteiger partial charge on any atom is -0.312 e. The van der Waals surface area contributed by atoms with Crippen molar-refractivity contribution in [3.8, 4) is 0 Å². The highest BCUT2D eigenvalue weighted by Crippen LogP contribution is 2.31. The highest BCUT2D eigenvalue weighted by Gasteiger charge is 2.34.